The lowest BCUT2D eigenvalue weighted by molar-refractivity contribution is -0.393. The first kappa shape index (κ1) is 18.0. The summed E-state index contributed by atoms with van der Waals surface area (Å²) in [4.78, 5) is 20.7. The van der Waals surface area contributed by atoms with E-state index in [0.29, 0.717) is 5.92 Å². The molecule has 26 heavy (non-hydrogen) atoms. The molecule has 2 aliphatic rings. The summed E-state index contributed by atoms with van der Waals surface area (Å²) >= 11 is 0. The molecule has 2 aliphatic carbocycles. The highest BCUT2D eigenvalue weighted by Crippen LogP contribution is 2.49. The van der Waals surface area contributed by atoms with Gasteiger partial charge in [0.1, 0.15) is 5.69 Å². The second kappa shape index (κ2) is 6.86. The van der Waals surface area contributed by atoms with Crippen molar-refractivity contribution in [1.82, 2.24) is 0 Å². The molecule has 8 nitrogen and oxygen atoms in total. The zero-order valence-electron chi connectivity index (χ0n) is 14.9. The summed E-state index contributed by atoms with van der Waals surface area (Å²) in [5, 5.41) is 26.4. The van der Waals surface area contributed by atoms with Gasteiger partial charge in [0.15, 0.2) is 0 Å². The maximum absolute atomic E-state index is 11.2. The van der Waals surface area contributed by atoms with Gasteiger partial charge in [0.05, 0.1) is 21.6 Å². The number of non-ortho nitro benzene ring substituents is 1. The van der Waals surface area contributed by atoms with Crippen LogP contribution in [-0.4, -0.2) is 15.6 Å². The standard InChI is InChI=1S/C18H22N4O4/c1-12-4-3-8-18(2)9-7-13(10-15(12)18)19-20-16-6-5-14(21(23)24)11-17(16)22(25)26/h5-6,10-12,20H,3-4,7-9H2,1-2H3/b19-13+/t12-,18+/m1/s1. The second-order valence-electron chi connectivity index (χ2n) is 7.38. The summed E-state index contributed by atoms with van der Waals surface area (Å²) < 4.78 is 0. The third kappa shape index (κ3) is 3.44. The van der Waals surface area contributed by atoms with Crippen LogP contribution in [0, 0.1) is 31.6 Å². The molecule has 1 aromatic carbocycles. The quantitative estimate of drug-likeness (QED) is 0.613. The van der Waals surface area contributed by atoms with Gasteiger partial charge in [0.25, 0.3) is 5.69 Å². The van der Waals surface area contributed by atoms with E-state index in [4.69, 9.17) is 0 Å². The normalized spacial score (nSPS) is 26.8. The van der Waals surface area contributed by atoms with Crippen LogP contribution in [0.1, 0.15) is 46.0 Å². The average Bonchev–Trinajstić information content (AvgIpc) is 2.60. The van der Waals surface area contributed by atoms with Gasteiger partial charge in [-0.2, -0.15) is 5.10 Å². The summed E-state index contributed by atoms with van der Waals surface area (Å²) in [7, 11) is 0. The lowest BCUT2D eigenvalue weighted by atomic mass is 9.62. The monoisotopic (exact) mass is 358 g/mol. The summed E-state index contributed by atoms with van der Waals surface area (Å²) in [5.41, 5.74) is 4.71. The molecule has 1 fully saturated rings. The van der Waals surface area contributed by atoms with Crippen molar-refractivity contribution in [1.29, 1.82) is 0 Å². The van der Waals surface area contributed by atoms with Crippen molar-refractivity contribution in [2.75, 3.05) is 5.43 Å². The van der Waals surface area contributed by atoms with E-state index in [-0.39, 0.29) is 22.5 Å². The molecule has 1 saturated carbocycles. The van der Waals surface area contributed by atoms with Gasteiger partial charge >= 0.3 is 5.69 Å². The van der Waals surface area contributed by atoms with Gasteiger partial charge in [-0.05, 0) is 49.2 Å². The predicted octanol–water partition coefficient (Wildman–Crippen LogP) is 4.82. The van der Waals surface area contributed by atoms with Gasteiger partial charge in [0.2, 0.25) is 0 Å². The van der Waals surface area contributed by atoms with Crippen LogP contribution >= 0.6 is 0 Å². The number of nitrogens with zero attached hydrogens (tertiary/aromatic N) is 3. The predicted molar refractivity (Wildman–Crippen MR) is 99.2 cm³/mol. The van der Waals surface area contributed by atoms with Gasteiger partial charge in [-0.15, -0.1) is 0 Å². The molecule has 8 heteroatoms. The van der Waals surface area contributed by atoms with E-state index in [2.05, 4.69) is 30.5 Å². The Morgan fingerprint density at radius 3 is 2.69 bits per heavy atom. The van der Waals surface area contributed by atoms with E-state index in [1.54, 1.807) is 0 Å². The molecule has 0 amide bonds. The van der Waals surface area contributed by atoms with Gasteiger partial charge in [-0.1, -0.05) is 25.8 Å². The third-order valence-electron chi connectivity index (χ3n) is 5.56. The molecule has 0 unspecified atom stereocenters. The highest BCUT2D eigenvalue weighted by molar-refractivity contribution is 5.97. The molecule has 0 bridgehead atoms. The van der Waals surface area contributed by atoms with Crippen LogP contribution in [0.25, 0.3) is 0 Å². The van der Waals surface area contributed by atoms with Gasteiger partial charge in [-0.25, -0.2) is 0 Å². The van der Waals surface area contributed by atoms with E-state index in [1.807, 2.05) is 0 Å². The zero-order chi connectivity index (χ0) is 18.9. The number of benzene rings is 1. The summed E-state index contributed by atoms with van der Waals surface area (Å²) in [6.07, 6.45) is 7.56. The van der Waals surface area contributed by atoms with Crippen molar-refractivity contribution in [3.8, 4) is 0 Å². The van der Waals surface area contributed by atoms with Gasteiger partial charge in [-0.3, -0.25) is 25.7 Å². The molecule has 0 radical (unpaired) electrons. The van der Waals surface area contributed by atoms with E-state index >= 15 is 0 Å². The summed E-state index contributed by atoms with van der Waals surface area (Å²) in [6.45, 7) is 4.54. The SMILES string of the molecule is C[C@@H]1CCC[C@@]2(C)CC/C(=N\Nc3ccc([N+](=O)[O-])cc3[N+](=O)[O-])C=C12. The van der Waals surface area contributed by atoms with Gasteiger partial charge < -0.3 is 0 Å². The zero-order valence-corrected chi connectivity index (χ0v) is 14.9. The number of allylic oxidation sites excluding steroid dienone is 2. The highest BCUT2D eigenvalue weighted by atomic mass is 16.6. The minimum absolute atomic E-state index is 0.150. The van der Waals surface area contributed by atoms with Crippen LogP contribution in [0.3, 0.4) is 0 Å². The molecule has 3 rings (SSSR count). The molecule has 0 aliphatic heterocycles. The Morgan fingerprint density at radius 1 is 1.23 bits per heavy atom. The first-order valence-corrected chi connectivity index (χ1v) is 8.78. The fourth-order valence-corrected chi connectivity index (χ4v) is 4.03. The van der Waals surface area contributed by atoms with Crippen LogP contribution < -0.4 is 5.43 Å². The Hall–Kier alpha value is -2.77. The van der Waals surface area contributed by atoms with Crippen molar-refractivity contribution in [2.45, 2.75) is 46.0 Å². The number of rotatable bonds is 4. The van der Waals surface area contributed by atoms with Crippen molar-refractivity contribution < 1.29 is 9.85 Å². The molecular weight excluding hydrogens is 336 g/mol. The average molecular weight is 358 g/mol. The number of hydrazone groups is 1. The number of nitro groups is 2. The summed E-state index contributed by atoms with van der Waals surface area (Å²) in [5.74, 6) is 0.521. The largest absolute Gasteiger partial charge is 0.301 e. The fraction of sp³-hybridized carbons (Fsp3) is 0.500. The van der Waals surface area contributed by atoms with Crippen LogP contribution in [0.5, 0.6) is 0 Å². The summed E-state index contributed by atoms with van der Waals surface area (Å²) in [6, 6.07) is 3.50. The van der Waals surface area contributed by atoms with Crippen LogP contribution in [0.15, 0.2) is 34.9 Å². The Balaban J connectivity index is 1.86. The Morgan fingerprint density at radius 2 is 2.00 bits per heavy atom. The molecule has 1 N–H and O–H groups in total. The molecule has 1 aromatic rings. The van der Waals surface area contributed by atoms with Crippen LogP contribution in [0.2, 0.25) is 0 Å². The smallest absolute Gasteiger partial charge is 0.271 e. The van der Waals surface area contributed by atoms with Crippen molar-refractivity contribution in [3.63, 3.8) is 0 Å². The van der Waals surface area contributed by atoms with Crippen molar-refractivity contribution in [2.24, 2.45) is 16.4 Å². The number of nitro benzene ring substituents is 2. The fourth-order valence-electron chi connectivity index (χ4n) is 4.03. The van der Waals surface area contributed by atoms with E-state index < -0.39 is 9.85 Å². The van der Waals surface area contributed by atoms with E-state index in [1.165, 1.54) is 37.0 Å². The minimum atomic E-state index is -0.653. The number of anilines is 1. The number of hydrogen-bond acceptors (Lipinski definition) is 6. The molecular formula is C18H22N4O4. The molecule has 0 spiro atoms. The Labute approximate surface area is 151 Å². The Kier molecular flexibility index (Phi) is 4.76. The maximum Gasteiger partial charge on any atom is 0.301 e. The lowest BCUT2D eigenvalue weighted by Gasteiger charge is -2.43. The molecule has 0 aromatic heterocycles. The lowest BCUT2D eigenvalue weighted by Crippen LogP contribution is -2.32. The van der Waals surface area contributed by atoms with Crippen molar-refractivity contribution in [3.05, 3.63) is 50.1 Å². The highest BCUT2D eigenvalue weighted by Gasteiger charge is 2.37. The number of nitrogens with one attached hydrogen (secondary N) is 1. The first-order chi connectivity index (χ1) is 12.3. The molecule has 0 heterocycles. The molecule has 138 valence electrons. The van der Waals surface area contributed by atoms with Crippen molar-refractivity contribution >= 4 is 22.8 Å². The number of hydrogen-bond donors (Lipinski definition) is 1. The minimum Gasteiger partial charge on any atom is -0.271 e. The second-order valence-corrected chi connectivity index (χ2v) is 7.38. The van der Waals surface area contributed by atoms with E-state index in [0.717, 1.165) is 24.6 Å². The van der Waals surface area contributed by atoms with Gasteiger partial charge in [0, 0.05) is 6.07 Å². The molecule has 0 saturated heterocycles. The number of fused-ring (bicyclic) bond motifs is 1. The maximum atomic E-state index is 11.2. The third-order valence-corrected chi connectivity index (χ3v) is 5.56. The Bertz CT molecular complexity index is 817. The topological polar surface area (TPSA) is 111 Å². The van der Waals surface area contributed by atoms with E-state index in [9.17, 15) is 20.2 Å². The van der Waals surface area contributed by atoms with Crippen LogP contribution in [-0.2, 0) is 0 Å². The first-order valence-electron chi connectivity index (χ1n) is 8.78. The van der Waals surface area contributed by atoms with Crippen LogP contribution in [0.4, 0.5) is 17.1 Å². The molecule has 2 atom stereocenters.